The number of aliphatic imine (C=N–C) groups is 1. The molecule has 0 bridgehead atoms. The van der Waals surface area contributed by atoms with E-state index in [1.807, 2.05) is 0 Å². The first kappa shape index (κ1) is 12.0. The maximum Gasteiger partial charge on any atom is 0.0966 e. The summed E-state index contributed by atoms with van der Waals surface area (Å²) in [6.07, 6.45) is -0.0208. The predicted molar refractivity (Wildman–Crippen MR) is 60.2 cm³/mol. The van der Waals surface area contributed by atoms with Crippen molar-refractivity contribution in [3.05, 3.63) is 0 Å². The summed E-state index contributed by atoms with van der Waals surface area (Å²) >= 11 is 0.0201. The molecule has 4 N–H and O–H groups in total. The molecule has 0 spiro atoms. The number of nitrogens with zero attached hydrogens (tertiary/aromatic N) is 1. The van der Waals surface area contributed by atoms with Crippen molar-refractivity contribution in [2.45, 2.75) is 12.5 Å². The predicted octanol–water partition coefficient (Wildman–Crippen LogP) is -0.510. The van der Waals surface area contributed by atoms with Gasteiger partial charge in [-0.2, -0.15) is 0 Å². The topological polar surface area (TPSA) is 78.8 Å². The van der Waals surface area contributed by atoms with Crippen LogP contribution in [-0.2, 0) is 0 Å². The van der Waals surface area contributed by atoms with Crippen LogP contribution in [0.3, 0.4) is 0 Å². The molecule has 0 aliphatic heterocycles. The Kier molecular flexibility index (Phi) is 7.62. The highest BCUT2D eigenvalue weighted by Crippen LogP contribution is 1.95. The third-order valence-electron chi connectivity index (χ3n) is 1.20. The smallest absolute Gasteiger partial charge is 0.0966 e. The minimum Gasteiger partial charge on any atom is -0.394 e. The number of alkyl halides is 1. The largest absolute Gasteiger partial charge is 0.394 e. The lowest BCUT2D eigenvalue weighted by Gasteiger charge is -2.03. The Labute approximate surface area is 82.2 Å². The molecule has 0 aromatic carbocycles. The van der Waals surface area contributed by atoms with Crippen molar-refractivity contribution in [3.8, 4) is 0 Å². The van der Waals surface area contributed by atoms with Gasteiger partial charge in [0.15, 0.2) is 0 Å². The van der Waals surface area contributed by atoms with Crippen LogP contribution >= 0.6 is 20.7 Å². The van der Waals surface area contributed by atoms with Gasteiger partial charge in [0.25, 0.3) is 0 Å². The zero-order valence-electron chi connectivity index (χ0n) is 6.91. The highest BCUT2D eigenvalue weighted by Gasteiger charge is 1.99. The zero-order chi connectivity index (χ0) is 9.40. The normalized spacial score (nSPS) is 14.7. The summed E-state index contributed by atoms with van der Waals surface area (Å²) < 4.78 is 4.80. The Morgan fingerprint density at radius 1 is 1.67 bits per heavy atom. The molecule has 0 fully saturated rings. The van der Waals surface area contributed by atoms with Crippen molar-refractivity contribution >= 4 is 31.1 Å². The van der Waals surface area contributed by atoms with Gasteiger partial charge in [-0.25, -0.2) is 0 Å². The molecule has 0 saturated heterocycles. The van der Waals surface area contributed by atoms with Crippen LogP contribution in [0.15, 0.2) is 4.99 Å². The molecule has 72 valence electrons. The molecule has 0 aliphatic rings. The van der Waals surface area contributed by atoms with E-state index in [1.54, 1.807) is 0 Å². The summed E-state index contributed by atoms with van der Waals surface area (Å²) in [5.74, 6) is 0.547. The molecule has 0 heterocycles. The van der Waals surface area contributed by atoms with Crippen molar-refractivity contribution in [1.29, 1.82) is 0 Å². The van der Waals surface area contributed by atoms with Gasteiger partial charge in [-0.1, -0.05) is 4.51 Å². The van der Waals surface area contributed by atoms with Crippen LogP contribution in [0, 0.1) is 0 Å². The highest BCUT2D eigenvalue weighted by atomic mass is 127. The monoisotopic (exact) mass is 286 g/mol. The third kappa shape index (κ3) is 6.68. The minimum atomic E-state index is -0.780. The molecule has 0 saturated carbocycles. The van der Waals surface area contributed by atoms with Gasteiger partial charge < -0.3 is 15.9 Å². The fraction of sp³-hybridized carbons (Fsp3) is 0.714. The van der Waals surface area contributed by atoms with E-state index in [2.05, 4.69) is 9.51 Å². The number of aliphatic hydroxyl groups excluding tert-OH is 2. The molecule has 1 unspecified atom stereocenters. The van der Waals surface area contributed by atoms with Gasteiger partial charge >= 0.3 is 0 Å². The lowest BCUT2D eigenvalue weighted by Crippen LogP contribution is -2.20. The van der Waals surface area contributed by atoms with E-state index in [0.717, 1.165) is 10.8 Å². The number of hydrogen-bond donors (Lipinski definition) is 3. The van der Waals surface area contributed by atoms with E-state index in [-0.39, 0.29) is 33.9 Å². The summed E-state index contributed by atoms with van der Waals surface area (Å²) in [4.78, 5) is 3.91. The molecule has 0 radical (unpaired) electrons. The Morgan fingerprint density at radius 3 is 2.83 bits per heavy atom. The Morgan fingerprint density at radius 2 is 2.33 bits per heavy atom. The number of rotatable bonds is 6. The summed E-state index contributed by atoms with van der Waals surface area (Å²) in [6.45, 7) is -0.0726. The summed E-state index contributed by atoms with van der Waals surface area (Å²) in [5, 5.41) is 17.4. The van der Waals surface area contributed by atoms with E-state index < -0.39 is 6.10 Å². The fourth-order valence-electron chi connectivity index (χ4n) is 0.523. The molecular formula is C7H15IN2O2. The molecule has 4 nitrogen and oxygen atoms in total. The van der Waals surface area contributed by atoms with Gasteiger partial charge in [-0.15, -0.1) is 20.7 Å². The molecule has 5 heteroatoms. The molecule has 0 aliphatic carbocycles. The highest BCUT2D eigenvalue weighted by molar-refractivity contribution is 14.2. The molecule has 1 atom stereocenters. The van der Waals surface area contributed by atoms with Crippen LogP contribution in [0.25, 0.3) is 0 Å². The summed E-state index contributed by atoms with van der Waals surface area (Å²) in [7, 11) is 0. The first-order chi connectivity index (χ1) is 5.70. The maximum atomic E-state index is 8.91. The Balaban J connectivity index is 3.60. The Bertz CT molecular complexity index is 161. The van der Waals surface area contributed by atoms with Crippen molar-refractivity contribution in [2.24, 2.45) is 10.7 Å². The van der Waals surface area contributed by atoms with Crippen LogP contribution in [0.5, 0.6) is 0 Å². The Hall–Kier alpha value is -0.0100. The van der Waals surface area contributed by atoms with E-state index in [9.17, 15) is 0 Å². The van der Waals surface area contributed by atoms with Crippen LogP contribution in [0.1, 0.15) is 6.42 Å². The van der Waals surface area contributed by atoms with Crippen LogP contribution in [0.2, 0.25) is 0 Å². The van der Waals surface area contributed by atoms with Crippen LogP contribution in [-0.4, -0.2) is 44.2 Å². The van der Waals surface area contributed by atoms with E-state index >= 15 is 0 Å². The maximum absolute atomic E-state index is 8.91. The molecule has 0 aromatic rings. The van der Waals surface area contributed by atoms with Crippen molar-refractivity contribution < 1.29 is 10.2 Å². The van der Waals surface area contributed by atoms with Gasteiger partial charge in [0.2, 0.25) is 0 Å². The van der Waals surface area contributed by atoms with Crippen molar-refractivity contribution in [2.75, 3.05) is 17.6 Å². The molecule has 12 heavy (non-hydrogen) atoms. The number of nitrogens with two attached hydrogens (primary N) is 1. The number of halogens is 1. The minimum absolute atomic E-state index is 0.0201. The average Bonchev–Trinajstić information content (AvgIpc) is 2.10. The number of hydrogen-bond acceptors (Lipinski definition) is 3. The molecule has 0 amide bonds. The molecular weight excluding hydrogens is 271 g/mol. The second-order valence-electron chi connectivity index (χ2n) is 2.30. The zero-order valence-corrected chi connectivity index (χ0v) is 9.07. The molecule has 0 rings (SSSR count). The van der Waals surface area contributed by atoms with Gasteiger partial charge in [-0.05, 0) is 0 Å². The second-order valence-corrected chi connectivity index (χ2v) is 4.45. The first-order valence-electron chi connectivity index (χ1n) is 3.61. The van der Waals surface area contributed by atoms with Gasteiger partial charge in [0.05, 0.1) is 25.1 Å². The van der Waals surface area contributed by atoms with E-state index in [4.69, 9.17) is 15.9 Å². The fourth-order valence-corrected chi connectivity index (χ4v) is 1.46. The van der Waals surface area contributed by atoms with E-state index in [0.29, 0.717) is 5.84 Å². The molecule has 0 aromatic heterocycles. The quantitative estimate of drug-likeness (QED) is 0.266. The lowest BCUT2D eigenvalue weighted by atomic mass is 10.4. The standard InChI is InChI=1S/C7H15IN2O2/c1-8-3-2-7(9)10-4-6(12)5-11/h6,11-12H,1-5H2,(H2,9,10). The SMILES string of the molecule is C=ICCC(N)=NCC(O)CO. The van der Waals surface area contributed by atoms with Crippen molar-refractivity contribution in [3.63, 3.8) is 0 Å². The van der Waals surface area contributed by atoms with Gasteiger partial charge in [-0.3, -0.25) is 4.99 Å². The first-order valence-corrected chi connectivity index (χ1v) is 6.66. The van der Waals surface area contributed by atoms with Gasteiger partial charge in [0, 0.05) is 10.8 Å². The van der Waals surface area contributed by atoms with Crippen LogP contribution in [0.4, 0.5) is 0 Å². The summed E-state index contributed by atoms with van der Waals surface area (Å²) in [5.41, 5.74) is 5.51. The average molecular weight is 286 g/mol. The second kappa shape index (κ2) is 7.63. The number of aliphatic hydroxyl groups is 2. The number of amidine groups is 1. The van der Waals surface area contributed by atoms with Gasteiger partial charge in [0.1, 0.15) is 0 Å². The van der Waals surface area contributed by atoms with Crippen molar-refractivity contribution in [1.82, 2.24) is 0 Å². The third-order valence-corrected chi connectivity index (χ3v) is 2.50. The van der Waals surface area contributed by atoms with E-state index in [1.165, 1.54) is 0 Å². The summed E-state index contributed by atoms with van der Waals surface area (Å²) in [6, 6.07) is 0. The lowest BCUT2D eigenvalue weighted by molar-refractivity contribution is 0.102. The van der Waals surface area contributed by atoms with Crippen LogP contribution < -0.4 is 5.73 Å².